The second kappa shape index (κ2) is 5.43. The Kier molecular flexibility index (Phi) is 3.92. The van der Waals surface area contributed by atoms with Crippen molar-refractivity contribution in [1.82, 2.24) is 4.90 Å². The van der Waals surface area contributed by atoms with Gasteiger partial charge in [0.25, 0.3) is 0 Å². The van der Waals surface area contributed by atoms with E-state index in [9.17, 15) is 5.11 Å². The molecule has 1 aliphatic heterocycles. The van der Waals surface area contributed by atoms with Crippen molar-refractivity contribution in [1.29, 1.82) is 0 Å². The number of hydrogen-bond donors (Lipinski definition) is 1. The van der Waals surface area contributed by atoms with Gasteiger partial charge in [0.1, 0.15) is 5.75 Å². The number of benzene rings is 1. The molecule has 0 saturated carbocycles. The highest BCUT2D eigenvalue weighted by atomic mass is 35.5. The lowest BCUT2D eigenvalue weighted by molar-refractivity contribution is 0.281. The third-order valence-corrected chi connectivity index (χ3v) is 3.11. The number of phenols is 1. The molecule has 92 valence electrons. The van der Waals surface area contributed by atoms with Crippen molar-refractivity contribution in [3.63, 3.8) is 0 Å². The highest BCUT2D eigenvalue weighted by molar-refractivity contribution is 6.29. The molecule has 0 aromatic heterocycles. The quantitative estimate of drug-likeness (QED) is 0.894. The Balaban J connectivity index is 1.95. The largest absolute Gasteiger partial charge is 0.506 e. The smallest absolute Gasteiger partial charge is 0.138 e. The van der Waals surface area contributed by atoms with Gasteiger partial charge in [-0.2, -0.15) is 0 Å². The van der Waals surface area contributed by atoms with Crippen molar-refractivity contribution < 1.29 is 5.11 Å². The van der Waals surface area contributed by atoms with Crippen LogP contribution >= 0.6 is 11.6 Å². The van der Waals surface area contributed by atoms with Crippen molar-refractivity contribution in [2.75, 3.05) is 37.6 Å². The third kappa shape index (κ3) is 3.14. The van der Waals surface area contributed by atoms with Crippen molar-refractivity contribution in [2.45, 2.75) is 0 Å². The van der Waals surface area contributed by atoms with E-state index in [0.717, 1.165) is 38.4 Å². The van der Waals surface area contributed by atoms with E-state index in [1.54, 1.807) is 6.07 Å². The zero-order chi connectivity index (χ0) is 12.3. The van der Waals surface area contributed by atoms with Crippen LogP contribution < -0.4 is 4.90 Å². The molecule has 1 heterocycles. The second-order valence-electron chi connectivity index (χ2n) is 4.27. The lowest BCUT2D eigenvalue weighted by Crippen LogP contribution is -2.46. The predicted octanol–water partition coefficient (Wildman–Crippen LogP) is 2.27. The summed E-state index contributed by atoms with van der Waals surface area (Å²) in [4.78, 5) is 4.47. The van der Waals surface area contributed by atoms with E-state index in [1.807, 2.05) is 18.2 Å². The molecule has 3 nitrogen and oxygen atoms in total. The van der Waals surface area contributed by atoms with Crippen LogP contribution in [0.4, 0.5) is 5.69 Å². The van der Waals surface area contributed by atoms with Gasteiger partial charge in [-0.05, 0) is 12.1 Å². The molecule has 1 aromatic carbocycles. The highest BCUT2D eigenvalue weighted by Crippen LogP contribution is 2.27. The Bertz CT molecular complexity index is 400. The van der Waals surface area contributed by atoms with Gasteiger partial charge in [-0.15, -0.1) is 0 Å². The minimum Gasteiger partial charge on any atom is -0.506 e. The number of phenolic OH excluding ortho intramolecular Hbond substituents is 1. The molecule has 1 aromatic rings. The first-order valence-corrected chi connectivity index (χ1v) is 6.13. The lowest BCUT2D eigenvalue weighted by atomic mass is 10.2. The van der Waals surface area contributed by atoms with Crippen LogP contribution in [0.5, 0.6) is 5.75 Å². The zero-order valence-electron chi connectivity index (χ0n) is 9.77. The summed E-state index contributed by atoms with van der Waals surface area (Å²) in [6.45, 7) is 8.15. The van der Waals surface area contributed by atoms with Crippen LogP contribution in [-0.4, -0.2) is 42.7 Å². The summed E-state index contributed by atoms with van der Waals surface area (Å²) in [5.41, 5.74) is 0.914. The molecule has 1 saturated heterocycles. The average Bonchev–Trinajstić information content (AvgIpc) is 2.30. The molecular formula is C13H17ClN2O. The summed E-state index contributed by atoms with van der Waals surface area (Å²) in [5, 5.41) is 10.5. The van der Waals surface area contributed by atoms with Crippen LogP contribution in [0.25, 0.3) is 0 Å². The van der Waals surface area contributed by atoms with Gasteiger partial charge in [-0.3, -0.25) is 4.90 Å². The molecule has 2 rings (SSSR count). The standard InChI is InChI=1S/C13H17ClN2O/c1-11(14)10-15-6-8-16(9-7-15)12-4-2-3-5-13(12)17/h2-5,17H,1,6-10H2. The van der Waals surface area contributed by atoms with Crippen LogP contribution in [-0.2, 0) is 0 Å². The fourth-order valence-corrected chi connectivity index (χ4v) is 2.29. The minimum absolute atomic E-state index is 0.350. The molecule has 0 radical (unpaired) electrons. The molecule has 1 aliphatic rings. The number of piperazine rings is 1. The molecule has 4 heteroatoms. The Labute approximate surface area is 107 Å². The van der Waals surface area contributed by atoms with E-state index in [4.69, 9.17) is 11.6 Å². The van der Waals surface area contributed by atoms with E-state index in [-0.39, 0.29) is 0 Å². The molecule has 1 N–H and O–H groups in total. The summed E-state index contributed by atoms with van der Waals surface area (Å²) in [6.07, 6.45) is 0. The number of halogens is 1. The average molecular weight is 253 g/mol. The molecule has 17 heavy (non-hydrogen) atoms. The van der Waals surface area contributed by atoms with Crippen LogP contribution in [0.2, 0.25) is 0 Å². The first-order chi connectivity index (χ1) is 8.16. The maximum Gasteiger partial charge on any atom is 0.138 e. The zero-order valence-corrected chi connectivity index (χ0v) is 10.5. The fraction of sp³-hybridized carbons (Fsp3) is 0.385. The first kappa shape index (κ1) is 12.3. The Morgan fingerprint density at radius 2 is 1.88 bits per heavy atom. The molecule has 0 bridgehead atoms. The molecule has 1 fully saturated rings. The van der Waals surface area contributed by atoms with Crippen molar-refractivity contribution in [2.24, 2.45) is 0 Å². The third-order valence-electron chi connectivity index (χ3n) is 2.99. The summed E-state index contributed by atoms with van der Waals surface area (Å²) >= 11 is 5.80. The van der Waals surface area contributed by atoms with Crippen LogP contribution in [0.15, 0.2) is 35.9 Å². The van der Waals surface area contributed by atoms with Crippen molar-refractivity contribution >= 4 is 17.3 Å². The van der Waals surface area contributed by atoms with E-state index in [2.05, 4.69) is 16.4 Å². The van der Waals surface area contributed by atoms with Gasteiger partial charge in [0.2, 0.25) is 0 Å². The Hall–Kier alpha value is -1.19. The van der Waals surface area contributed by atoms with Gasteiger partial charge in [0.05, 0.1) is 5.69 Å². The minimum atomic E-state index is 0.350. The maximum absolute atomic E-state index is 9.78. The van der Waals surface area contributed by atoms with Gasteiger partial charge in [0.15, 0.2) is 0 Å². The normalized spacial score (nSPS) is 17.1. The molecule has 0 spiro atoms. The van der Waals surface area contributed by atoms with Gasteiger partial charge in [-0.1, -0.05) is 30.3 Å². The highest BCUT2D eigenvalue weighted by Gasteiger charge is 2.18. The molecule has 0 amide bonds. The van der Waals surface area contributed by atoms with Crippen LogP contribution in [0.3, 0.4) is 0 Å². The van der Waals surface area contributed by atoms with E-state index in [0.29, 0.717) is 10.8 Å². The number of nitrogens with zero attached hydrogens (tertiary/aromatic N) is 2. The predicted molar refractivity (Wildman–Crippen MR) is 71.8 cm³/mol. The SMILES string of the molecule is C=C(Cl)CN1CCN(c2ccccc2O)CC1. The Morgan fingerprint density at radius 3 is 2.47 bits per heavy atom. The number of hydrogen-bond acceptors (Lipinski definition) is 3. The fourth-order valence-electron chi connectivity index (χ4n) is 2.12. The number of rotatable bonds is 3. The van der Waals surface area contributed by atoms with Crippen LogP contribution in [0.1, 0.15) is 0 Å². The molecule has 0 atom stereocenters. The van der Waals surface area contributed by atoms with Gasteiger partial charge in [0, 0.05) is 37.8 Å². The first-order valence-electron chi connectivity index (χ1n) is 5.75. The number of para-hydroxylation sites is 2. The molecule has 0 unspecified atom stereocenters. The second-order valence-corrected chi connectivity index (χ2v) is 4.80. The molecule has 0 aliphatic carbocycles. The maximum atomic E-state index is 9.78. The van der Waals surface area contributed by atoms with Crippen molar-refractivity contribution in [3.8, 4) is 5.75 Å². The number of anilines is 1. The molecular weight excluding hydrogens is 236 g/mol. The van der Waals surface area contributed by atoms with Gasteiger partial charge in [-0.25, -0.2) is 0 Å². The van der Waals surface area contributed by atoms with E-state index >= 15 is 0 Å². The Morgan fingerprint density at radius 1 is 1.24 bits per heavy atom. The topological polar surface area (TPSA) is 26.7 Å². The van der Waals surface area contributed by atoms with E-state index in [1.165, 1.54) is 0 Å². The summed E-state index contributed by atoms with van der Waals surface area (Å²) in [5.74, 6) is 0.350. The van der Waals surface area contributed by atoms with E-state index < -0.39 is 0 Å². The van der Waals surface area contributed by atoms with Crippen LogP contribution in [0, 0.1) is 0 Å². The summed E-state index contributed by atoms with van der Waals surface area (Å²) in [6, 6.07) is 7.46. The summed E-state index contributed by atoms with van der Waals surface area (Å²) in [7, 11) is 0. The van der Waals surface area contributed by atoms with Crippen molar-refractivity contribution in [3.05, 3.63) is 35.9 Å². The van der Waals surface area contributed by atoms with Gasteiger partial charge >= 0.3 is 0 Å². The van der Waals surface area contributed by atoms with Gasteiger partial charge < -0.3 is 10.0 Å². The summed E-state index contributed by atoms with van der Waals surface area (Å²) < 4.78 is 0. The monoisotopic (exact) mass is 252 g/mol. The lowest BCUT2D eigenvalue weighted by Gasteiger charge is -2.36. The number of aromatic hydroxyl groups is 1.